The topological polar surface area (TPSA) is 60.9 Å². The van der Waals surface area contributed by atoms with Gasteiger partial charge in [0.25, 0.3) is 0 Å². The van der Waals surface area contributed by atoms with Crippen molar-refractivity contribution in [3.63, 3.8) is 0 Å². The molecule has 1 aliphatic rings. The molecule has 2 unspecified atom stereocenters. The molecule has 0 aromatic heterocycles. The maximum absolute atomic E-state index is 12.0. The molecular formula is C11H20N2O3. The van der Waals surface area contributed by atoms with Crippen LogP contribution >= 0.6 is 0 Å². The summed E-state index contributed by atoms with van der Waals surface area (Å²) in [6.07, 6.45) is 2.33. The highest BCUT2D eigenvalue weighted by atomic mass is 16.4. The van der Waals surface area contributed by atoms with Crippen molar-refractivity contribution >= 4 is 12.0 Å². The first-order chi connectivity index (χ1) is 7.36. The van der Waals surface area contributed by atoms with Gasteiger partial charge in [-0.25, -0.2) is 9.59 Å². The van der Waals surface area contributed by atoms with Gasteiger partial charge in [0.05, 0.1) is 0 Å². The molecule has 1 N–H and O–H groups in total. The van der Waals surface area contributed by atoms with Gasteiger partial charge in [0.2, 0.25) is 0 Å². The molecule has 0 aromatic carbocycles. The van der Waals surface area contributed by atoms with Crippen molar-refractivity contribution in [1.82, 2.24) is 9.80 Å². The predicted molar refractivity (Wildman–Crippen MR) is 60.2 cm³/mol. The normalized spacial score (nSPS) is 18.8. The molecule has 2 amide bonds. The van der Waals surface area contributed by atoms with E-state index in [1.54, 1.807) is 11.9 Å². The van der Waals surface area contributed by atoms with Crippen LogP contribution in [0.4, 0.5) is 4.79 Å². The summed E-state index contributed by atoms with van der Waals surface area (Å²) in [5.41, 5.74) is 0. The van der Waals surface area contributed by atoms with Gasteiger partial charge >= 0.3 is 12.0 Å². The minimum Gasteiger partial charge on any atom is -0.480 e. The van der Waals surface area contributed by atoms with Gasteiger partial charge in [-0.1, -0.05) is 0 Å². The lowest BCUT2D eigenvalue weighted by Crippen LogP contribution is -2.49. The van der Waals surface area contributed by atoms with E-state index in [9.17, 15) is 9.59 Å². The lowest BCUT2D eigenvalue weighted by molar-refractivity contribution is -0.141. The van der Waals surface area contributed by atoms with Crippen LogP contribution in [0.1, 0.15) is 26.7 Å². The summed E-state index contributed by atoms with van der Waals surface area (Å²) in [5.74, 6) is -0.397. The second-order valence-electron chi connectivity index (χ2n) is 4.60. The fourth-order valence-electron chi connectivity index (χ4n) is 1.65. The lowest BCUT2D eigenvalue weighted by Gasteiger charge is -2.31. The molecule has 0 saturated heterocycles. The monoisotopic (exact) mass is 228 g/mol. The van der Waals surface area contributed by atoms with Crippen LogP contribution in [0, 0.1) is 5.92 Å². The first-order valence-corrected chi connectivity index (χ1v) is 5.58. The van der Waals surface area contributed by atoms with E-state index < -0.39 is 12.0 Å². The average molecular weight is 228 g/mol. The molecule has 92 valence electrons. The number of aliphatic carboxylic acids is 1. The standard InChI is InChI=1S/C11H20N2O3/c1-7(9-5-6-9)12(3)11(16)13(4)8(2)10(14)15/h7-9H,5-6H2,1-4H3,(H,14,15). The Morgan fingerprint density at radius 3 is 2.06 bits per heavy atom. The zero-order valence-corrected chi connectivity index (χ0v) is 10.3. The van der Waals surface area contributed by atoms with Gasteiger partial charge in [-0.2, -0.15) is 0 Å². The van der Waals surface area contributed by atoms with Crippen LogP contribution < -0.4 is 0 Å². The van der Waals surface area contributed by atoms with Crippen LogP contribution in [0.5, 0.6) is 0 Å². The molecule has 0 aliphatic heterocycles. The van der Waals surface area contributed by atoms with Gasteiger partial charge in [0.15, 0.2) is 0 Å². The van der Waals surface area contributed by atoms with Crippen LogP contribution in [0.25, 0.3) is 0 Å². The van der Waals surface area contributed by atoms with E-state index in [1.165, 1.54) is 18.9 Å². The Bertz CT molecular complexity index is 289. The maximum atomic E-state index is 12.0. The number of rotatable bonds is 4. The third-order valence-electron chi connectivity index (χ3n) is 3.46. The smallest absolute Gasteiger partial charge is 0.326 e. The number of nitrogens with zero attached hydrogens (tertiary/aromatic N) is 2. The molecule has 1 fully saturated rings. The van der Waals surface area contributed by atoms with Crippen molar-refractivity contribution < 1.29 is 14.7 Å². The minimum atomic E-state index is -0.983. The molecule has 16 heavy (non-hydrogen) atoms. The van der Waals surface area contributed by atoms with E-state index in [-0.39, 0.29) is 12.1 Å². The first-order valence-electron chi connectivity index (χ1n) is 5.58. The highest BCUT2D eigenvalue weighted by molar-refractivity contribution is 5.82. The summed E-state index contributed by atoms with van der Waals surface area (Å²) >= 11 is 0. The number of carboxylic acid groups (broad SMARTS) is 1. The van der Waals surface area contributed by atoms with Crippen molar-refractivity contribution in [2.24, 2.45) is 5.92 Å². The predicted octanol–water partition coefficient (Wildman–Crippen LogP) is 1.24. The Morgan fingerprint density at radius 2 is 1.69 bits per heavy atom. The van der Waals surface area contributed by atoms with E-state index in [0.717, 1.165) is 12.8 Å². The molecule has 1 rings (SSSR count). The fraction of sp³-hybridized carbons (Fsp3) is 0.818. The first kappa shape index (κ1) is 12.8. The van der Waals surface area contributed by atoms with Gasteiger partial charge in [0.1, 0.15) is 6.04 Å². The molecule has 1 saturated carbocycles. The molecule has 0 heterocycles. The number of likely N-dealkylation sites (N-methyl/N-ethyl adjacent to an activating group) is 1. The van der Waals surface area contributed by atoms with Crippen LogP contribution in [0.15, 0.2) is 0 Å². The van der Waals surface area contributed by atoms with Gasteiger partial charge < -0.3 is 14.9 Å². The van der Waals surface area contributed by atoms with Crippen molar-refractivity contribution in [2.45, 2.75) is 38.8 Å². The highest BCUT2D eigenvalue weighted by Gasteiger charge is 2.34. The molecule has 0 bridgehead atoms. The zero-order chi connectivity index (χ0) is 12.5. The van der Waals surface area contributed by atoms with E-state index in [4.69, 9.17) is 5.11 Å². The summed E-state index contributed by atoms with van der Waals surface area (Å²) in [5, 5.41) is 8.83. The second-order valence-corrected chi connectivity index (χ2v) is 4.60. The third kappa shape index (κ3) is 2.65. The number of amides is 2. The summed E-state index contributed by atoms with van der Waals surface area (Å²) in [6.45, 7) is 3.52. The Morgan fingerprint density at radius 1 is 1.19 bits per heavy atom. The summed E-state index contributed by atoms with van der Waals surface area (Å²) in [6, 6.07) is -0.827. The van der Waals surface area contributed by atoms with E-state index in [1.807, 2.05) is 6.92 Å². The Hall–Kier alpha value is -1.26. The molecule has 2 atom stereocenters. The minimum absolute atomic E-state index is 0.191. The number of carbonyl (C=O) groups excluding carboxylic acids is 1. The Kier molecular flexibility index (Phi) is 3.78. The van der Waals surface area contributed by atoms with Gasteiger partial charge in [0, 0.05) is 20.1 Å². The van der Waals surface area contributed by atoms with E-state index in [2.05, 4.69) is 0 Å². The molecule has 0 spiro atoms. The molecule has 0 aromatic rings. The SMILES string of the molecule is CC(C(=O)O)N(C)C(=O)N(C)C(C)C1CC1. The summed E-state index contributed by atoms with van der Waals surface area (Å²) in [4.78, 5) is 25.6. The Balaban J connectivity index is 2.58. The van der Waals surface area contributed by atoms with Crippen molar-refractivity contribution in [3.8, 4) is 0 Å². The van der Waals surface area contributed by atoms with Gasteiger partial charge in [-0.05, 0) is 32.6 Å². The van der Waals surface area contributed by atoms with E-state index in [0.29, 0.717) is 5.92 Å². The molecule has 5 nitrogen and oxygen atoms in total. The van der Waals surface area contributed by atoms with Crippen LogP contribution in [0.3, 0.4) is 0 Å². The van der Waals surface area contributed by atoms with Crippen LogP contribution in [-0.2, 0) is 4.79 Å². The molecule has 0 radical (unpaired) electrons. The maximum Gasteiger partial charge on any atom is 0.326 e. The quantitative estimate of drug-likeness (QED) is 0.787. The molecular weight excluding hydrogens is 208 g/mol. The van der Waals surface area contributed by atoms with Crippen molar-refractivity contribution in [3.05, 3.63) is 0 Å². The van der Waals surface area contributed by atoms with Crippen LogP contribution in [-0.4, -0.2) is 53.1 Å². The van der Waals surface area contributed by atoms with Crippen molar-refractivity contribution in [2.75, 3.05) is 14.1 Å². The van der Waals surface area contributed by atoms with Crippen molar-refractivity contribution in [1.29, 1.82) is 0 Å². The zero-order valence-electron chi connectivity index (χ0n) is 10.3. The lowest BCUT2D eigenvalue weighted by atomic mass is 10.2. The Labute approximate surface area is 96.0 Å². The summed E-state index contributed by atoms with van der Waals surface area (Å²) in [7, 11) is 3.26. The number of hydrogen-bond donors (Lipinski definition) is 1. The fourth-order valence-corrected chi connectivity index (χ4v) is 1.65. The number of hydrogen-bond acceptors (Lipinski definition) is 2. The van der Waals surface area contributed by atoms with Gasteiger partial charge in [-0.15, -0.1) is 0 Å². The van der Waals surface area contributed by atoms with E-state index >= 15 is 0 Å². The average Bonchev–Trinajstić information content (AvgIpc) is 3.07. The molecule has 5 heteroatoms. The largest absolute Gasteiger partial charge is 0.480 e. The summed E-state index contributed by atoms with van der Waals surface area (Å²) < 4.78 is 0. The number of carbonyl (C=O) groups is 2. The second kappa shape index (κ2) is 4.72. The third-order valence-corrected chi connectivity index (χ3v) is 3.46. The van der Waals surface area contributed by atoms with Crippen LogP contribution in [0.2, 0.25) is 0 Å². The molecule has 1 aliphatic carbocycles. The highest BCUT2D eigenvalue weighted by Crippen LogP contribution is 2.34. The number of carboxylic acids is 1. The number of urea groups is 1. The van der Waals surface area contributed by atoms with Gasteiger partial charge in [-0.3, -0.25) is 0 Å².